The second-order valence-corrected chi connectivity index (χ2v) is 3.68. The van der Waals surface area contributed by atoms with Crippen molar-refractivity contribution < 1.29 is 19.2 Å². The molecule has 0 aliphatic carbocycles. The Morgan fingerprint density at radius 3 is 2.79 bits per heavy atom. The number of phenols is 1. The van der Waals surface area contributed by atoms with Gasteiger partial charge < -0.3 is 9.52 Å². The molecule has 19 heavy (non-hydrogen) atoms. The van der Waals surface area contributed by atoms with E-state index in [1.54, 1.807) is 6.07 Å². The molecule has 96 valence electrons. The molecule has 0 unspecified atom stereocenters. The number of nitrogens with zero attached hydrogens (tertiary/aromatic N) is 1. The van der Waals surface area contributed by atoms with Crippen LogP contribution in [0.3, 0.4) is 0 Å². The fourth-order valence-electron chi connectivity index (χ4n) is 1.46. The highest BCUT2D eigenvalue weighted by molar-refractivity contribution is 6.05. The maximum atomic E-state index is 11.6. The first kappa shape index (κ1) is 12.6. The second kappa shape index (κ2) is 5.18. The summed E-state index contributed by atoms with van der Waals surface area (Å²) in [5.41, 5.74) is 0.0250. The molecule has 0 amide bonds. The van der Waals surface area contributed by atoms with E-state index >= 15 is 0 Å². The maximum absolute atomic E-state index is 11.6. The van der Waals surface area contributed by atoms with E-state index in [0.29, 0.717) is 0 Å². The molecule has 1 heterocycles. The predicted molar refractivity (Wildman–Crippen MR) is 66.8 cm³/mol. The Labute approximate surface area is 107 Å². The summed E-state index contributed by atoms with van der Waals surface area (Å²) in [6.07, 6.45) is 3.84. The normalized spacial score (nSPS) is 10.7. The number of hydrogen-bond acceptors (Lipinski definition) is 5. The zero-order chi connectivity index (χ0) is 13.8. The lowest BCUT2D eigenvalue weighted by Crippen LogP contribution is -1.91. The van der Waals surface area contributed by atoms with E-state index in [0.717, 1.165) is 0 Å². The third-order valence-electron chi connectivity index (χ3n) is 2.40. The zero-order valence-electron chi connectivity index (χ0n) is 9.65. The van der Waals surface area contributed by atoms with Crippen LogP contribution in [-0.2, 0) is 0 Å². The number of rotatable bonds is 4. The van der Waals surface area contributed by atoms with Crippen molar-refractivity contribution in [1.82, 2.24) is 0 Å². The van der Waals surface area contributed by atoms with E-state index in [2.05, 4.69) is 0 Å². The number of benzene rings is 1. The van der Waals surface area contributed by atoms with Gasteiger partial charge in [-0.15, -0.1) is 0 Å². The van der Waals surface area contributed by atoms with Gasteiger partial charge in [0.15, 0.2) is 5.76 Å². The van der Waals surface area contributed by atoms with E-state index in [1.165, 1.54) is 42.7 Å². The molecule has 1 N–H and O–H groups in total. The molecule has 2 aromatic rings. The largest absolute Gasteiger partial charge is 0.507 e. The minimum Gasteiger partial charge on any atom is -0.507 e. The van der Waals surface area contributed by atoms with Crippen molar-refractivity contribution in [2.75, 3.05) is 0 Å². The zero-order valence-corrected chi connectivity index (χ0v) is 9.65. The molecule has 2 rings (SSSR count). The van der Waals surface area contributed by atoms with Crippen molar-refractivity contribution in [3.8, 4) is 5.75 Å². The molecule has 0 aliphatic rings. The van der Waals surface area contributed by atoms with Crippen molar-refractivity contribution in [1.29, 1.82) is 0 Å². The molecule has 1 aromatic carbocycles. The first-order chi connectivity index (χ1) is 9.08. The van der Waals surface area contributed by atoms with Gasteiger partial charge in [0.05, 0.1) is 11.2 Å². The third kappa shape index (κ3) is 2.86. The van der Waals surface area contributed by atoms with Gasteiger partial charge >= 0.3 is 0 Å². The molecule has 0 bridgehead atoms. The second-order valence-electron chi connectivity index (χ2n) is 3.68. The van der Waals surface area contributed by atoms with E-state index in [1.807, 2.05) is 0 Å². The van der Waals surface area contributed by atoms with Crippen LogP contribution < -0.4 is 0 Å². The van der Waals surface area contributed by atoms with Crippen LogP contribution in [0.25, 0.3) is 6.08 Å². The molecule has 0 fully saturated rings. The first-order valence-electron chi connectivity index (χ1n) is 5.31. The number of carbonyl (C=O) groups is 1. The van der Waals surface area contributed by atoms with Crippen LogP contribution in [0.2, 0.25) is 0 Å². The van der Waals surface area contributed by atoms with Crippen molar-refractivity contribution in [2.24, 2.45) is 0 Å². The fraction of sp³-hybridized carbons (Fsp3) is 0. The quantitative estimate of drug-likeness (QED) is 0.394. The summed E-state index contributed by atoms with van der Waals surface area (Å²) in [7, 11) is 0. The average molecular weight is 259 g/mol. The Morgan fingerprint density at radius 1 is 1.37 bits per heavy atom. The third-order valence-corrected chi connectivity index (χ3v) is 2.40. The summed E-state index contributed by atoms with van der Waals surface area (Å²) in [6, 6.07) is 6.64. The molecule has 0 aliphatic heterocycles. The number of furan rings is 1. The molecule has 1 aromatic heterocycles. The maximum Gasteiger partial charge on any atom is 0.270 e. The van der Waals surface area contributed by atoms with Crippen LogP contribution >= 0.6 is 0 Å². The lowest BCUT2D eigenvalue weighted by Gasteiger charge is -1.98. The van der Waals surface area contributed by atoms with Crippen LogP contribution in [0.5, 0.6) is 5.75 Å². The van der Waals surface area contributed by atoms with Gasteiger partial charge in [-0.3, -0.25) is 14.9 Å². The van der Waals surface area contributed by atoms with Gasteiger partial charge in [-0.2, -0.15) is 0 Å². The predicted octanol–water partition coefficient (Wildman–Crippen LogP) is 2.79. The van der Waals surface area contributed by atoms with Crippen LogP contribution in [0.4, 0.5) is 5.69 Å². The summed E-state index contributed by atoms with van der Waals surface area (Å²) < 4.78 is 4.90. The van der Waals surface area contributed by atoms with E-state index < -0.39 is 10.7 Å². The van der Waals surface area contributed by atoms with Gasteiger partial charge in [0, 0.05) is 17.7 Å². The van der Waals surface area contributed by atoms with Gasteiger partial charge in [0.25, 0.3) is 5.69 Å². The molecule has 0 saturated carbocycles. The number of ketones is 1. The number of aromatic hydroxyl groups is 1. The molecule has 0 spiro atoms. The lowest BCUT2D eigenvalue weighted by atomic mass is 10.1. The van der Waals surface area contributed by atoms with Gasteiger partial charge in [0.2, 0.25) is 5.78 Å². The smallest absolute Gasteiger partial charge is 0.270 e. The van der Waals surface area contributed by atoms with Crippen molar-refractivity contribution in [3.05, 3.63) is 64.1 Å². The standard InChI is InChI=1S/C13H9NO5/c15-11-6-4-10(14(17)18)8-9(11)3-5-12(16)13-2-1-7-19-13/h1-8,15H/b5-3+. The highest BCUT2D eigenvalue weighted by Crippen LogP contribution is 2.24. The first-order valence-corrected chi connectivity index (χ1v) is 5.31. The van der Waals surface area contributed by atoms with Crippen LogP contribution in [0.15, 0.2) is 47.1 Å². The van der Waals surface area contributed by atoms with Gasteiger partial charge in [-0.05, 0) is 30.4 Å². The summed E-state index contributed by atoms with van der Waals surface area (Å²) in [6.45, 7) is 0. The van der Waals surface area contributed by atoms with Gasteiger partial charge in [-0.25, -0.2) is 0 Å². The Bertz CT molecular complexity index is 643. The molecule has 0 radical (unpaired) electrons. The minimum absolute atomic E-state index is 0.144. The molecule has 6 heteroatoms. The number of hydrogen-bond donors (Lipinski definition) is 1. The Morgan fingerprint density at radius 2 is 2.16 bits per heavy atom. The van der Waals surface area contributed by atoms with Crippen LogP contribution in [-0.4, -0.2) is 15.8 Å². The average Bonchev–Trinajstić information content (AvgIpc) is 2.91. The molecular formula is C13H9NO5. The number of nitro groups is 1. The Hall–Kier alpha value is -2.89. The Kier molecular flexibility index (Phi) is 3.42. The summed E-state index contributed by atoms with van der Waals surface area (Å²) in [5, 5.41) is 20.2. The lowest BCUT2D eigenvalue weighted by molar-refractivity contribution is -0.384. The topological polar surface area (TPSA) is 93.6 Å². The Balaban J connectivity index is 2.25. The van der Waals surface area contributed by atoms with Gasteiger partial charge in [-0.1, -0.05) is 0 Å². The number of phenolic OH excluding ortho intramolecular Hbond substituents is 1. The highest BCUT2D eigenvalue weighted by atomic mass is 16.6. The van der Waals surface area contributed by atoms with E-state index in [9.17, 15) is 20.0 Å². The number of carbonyl (C=O) groups excluding carboxylic acids is 1. The van der Waals surface area contributed by atoms with Crippen LogP contribution in [0.1, 0.15) is 16.1 Å². The number of non-ortho nitro benzene ring substituents is 1. The fourth-order valence-corrected chi connectivity index (χ4v) is 1.46. The van der Waals surface area contributed by atoms with E-state index in [-0.39, 0.29) is 22.8 Å². The summed E-state index contributed by atoms with van der Waals surface area (Å²) in [5.74, 6) is -0.383. The number of allylic oxidation sites excluding steroid dienone is 1. The van der Waals surface area contributed by atoms with Gasteiger partial charge in [0.1, 0.15) is 5.75 Å². The number of nitro benzene ring substituents is 1. The highest BCUT2D eigenvalue weighted by Gasteiger charge is 2.09. The van der Waals surface area contributed by atoms with Crippen molar-refractivity contribution in [3.63, 3.8) is 0 Å². The minimum atomic E-state index is -0.578. The van der Waals surface area contributed by atoms with E-state index in [4.69, 9.17) is 4.42 Å². The summed E-state index contributed by atoms with van der Waals surface area (Å²) >= 11 is 0. The summed E-state index contributed by atoms with van der Waals surface area (Å²) in [4.78, 5) is 21.6. The molecule has 0 saturated heterocycles. The van der Waals surface area contributed by atoms with Crippen LogP contribution in [0, 0.1) is 10.1 Å². The van der Waals surface area contributed by atoms with Crippen molar-refractivity contribution in [2.45, 2.75) is 0 Å². The monoisotopic (exact) mass is 259 g/mol. The molecule has 0 atom stereocenters. The molecular weight excluding hydrogens is 250 g/mol. The molecule has 6 nitrogen and oxygen atoms in total. The SMILES string of the molecule is O=C(/C=C/c1cc([N+](=O)[O-])ccc1O)c1ccco1. The van der Waals surface area contributed by atoms with Crippen molar-refractivity contribution >= 4 is 17.5 Å².